The van der Waals surface area contributed by atoms with E-state index in [2.05, 4.69) is 26.2 Å². The topological polar surface area (TPSA) is 54.4 Å². The fourth-order valence-electron chi connectivity index (χ4n) is 1.72. The Balaban J connectivity index is 2.16. The molecule has 0 spiro atoms. The van der Waals surface area contributed by atoms with Gasteiger partial charge in [-0.2, -0.15) is 0 Å². The van der Waals surface area contributed by atoms with Crippen LogP contribution < -0.4 is 10.1 Å². The Hall–Kier alpha value is -1.59. The van der Waals surface area contributed by atoms with Crippen LogP contribution in [0.2, 0.25) is 0 Å². The van der Waals surface area contributed by atoms with Crippen molar-refractivity contribution in [2.24, 2.45) is 0 Å². The summed E-state index contributed by atoms with van der Waals surface area (Å²) in [6.07, 6.45) is 1.71. The van der Waals surface area contributed by atoms with Gasteiger partial charge in [0.1, 0.15) is 5.75 Å². The molecule has 100 valence electrons. The first-order valence-electron chi connectivity index (χ1n) is 5.86. The van der Waals surface area contributed by atoms with Crippen molar-refractivity contribution in [3.8, 4) is 5.75 Å². The molecule has 0 fully saturated rings. The van der Waals surface area contributed by atoms with Crippen LogP contribution in [0, 0.1) is 0 Å². The van der Waals surface area contributed by atoms with Gasteiger partial charge >= 0.3 is 0 Å². The summed E-state index contributed by atoms with van der Waals surface area (Å²) in [4.78, 5) is 4.29. The normalized spacial score (nSPS) is 11.9. The molecule has 5 heteroatoms. The molecular formula is C14H15BrN2O2. The van der Waals surface area contributed by atoms with Crippen LogP contribution in [0.3, 0.4) is 0 Å². The van der Waals surface area contributed by atoms with Gasteiger partial charge in [0.2, 0.25) is 0 Å². The van der Waals surface area contributed by atoms with E-state index in [0.29, 0.717) is 0 Å². The summed E-state index contributed by atoms with van der Waals surface area (Å²) in [5, 5.41) is 12.7. The third-order valence-corrected chi connectivity index (χ3v) is 3.17. The van der Waals surface area contributed by atoms with E-state index in [0.717, 1.165) is 21.6 Å². The highest BCUT2D eigenvalue weighted by Crippen LogP contribution is 2.22. The summed E-state index contributed by atoms with van der Waals surface area (Å²) in [7, 11) is 1.62. The Morgan fingerprint density at radius 1 is 1.37 bits per heavy atom. The summed E-state index contributed by atoms with van der Waals surface area (Å²) in [6, 6.07) is 11.1. The lowest BCUT2D eigenvalue weighted by molar-refractivity contribution is 0.274. The number of aliphatic hydroxyl groups is 1. The van der Waals surface area contributed by atoms with E-state index in [4.69, 9.17) is 4.74 Å². The van der Waals surface area contributed by atoms with Gasteiger partial charge in [0.15, 0.2) is 0 Å². The SMILES string of the molecule is COc1cccc(NC(CO)c2ccc(Br)cn2)c1. The molecule has 0 saturated carbocycles. The minimum Gasteiger partial charge on any atom is -0.497 e. The van der Waals surface area contributed by atoms with Crippen LogP contribution in [0.4, 0.5) is 5.69 Å². The standard InChI is InChI=1S/C14H15BrN2O2/c1-19-12-4-2-3-11(7-12)17-14(9-18)13-6-5-10(15)8-16-13/h2-8,14,17-18H,9H2,1H3. The molecular weight excluding hydrogens is 308 g/mol. The Morgan fingerprint density at radius 2 is 2.21 bits per heavy atom. The maximum absolute atomic E-state index is 9.49. The maximum atomic E-state index is 9.49. The van der Waals surface area contributed by atoms with Gasteiger partial charge in [0, 0.05) is 22.4 Å². The number of hydrogen-bond donors (Lipinski definition) is 2. The zero-order valence-corrected chi connectivity index (χ0v) is 12.1. The number of hydrogen-bond acceptors (Lipinski definition) is 4. The highest BCUT2D eigenvalue weighted by molar-refractivity contribution is 9.10. The lowest BCUT2D eigenvalue weighted by Gasteiger charge is -2.17. The maximum Gasteiger partial charge on any atom is 0.120 e. The lowest BCUT2D eigenvalue weighted by Crippen LogP contribution is -2.16. The zero-order valence-electron chi connectivity index (χ0n) is 10.5. The Bertz CT molecular complexity index is 531. The number of benzene rings is 1. The van der Waals surface area contributed by atoms with Crippen LogP contribution in [0.5, 0.6) is 5.75 Å². The number of aromatic nitrogens is 1. The Morgan fingerprint density at radius 3 is 2.84 bits per heavy atom. The third-order valence-electron chi connectivity index (χ3n) is 2.70. The van der Waals surface area contributed by atoms with Gasteiger partial charge in [-0.1, -0.05) is 6.07 Å². The van der Waals surface area contributed by atoms with Gasteiger partial charge in [-0.15, -0.1) is 0 Å². The summed E-state index contributed by atoms with van der Waals surface area (Å²) < 4.78 is 6.08. The highest BCUT2D eigenvalue weighted by atomic mass is 79.9. The van der Waals surface area contributed by atoms with Gasteiger partial charge in [-0.3, -0.25) is 4.98 Å². The molecule has 0 aliphatic heterocycles. The van der Waals surface area contributed by atoms with Gasteiger partial charge in [0.05, 0.1) is 25.5 Å². The number of pyridine rings is 1. The fourth-order valence-corrected chi connectivity index (χ4v) is 1.96. The van der Waals surface area contributed by atoms with E-state index in [1.807, 2.05) is 36.4 Å². The number of nitrogens with zero attached hydrogens (tertiary/aromatic N) is 1. The summed E-state index contributed by atoms with van der Waals surface area (Å²) in [6.45, 7) is -0.0359. The quantitative estimate of drug-likeness (QED) is 0.888. The first-order chi connectivity index (χ1) is 9.22. The second-order valence-electron chi connectivity index (χ2n) is 4.01. The molecule has 1 heterocycles. The van der Waals surface area contributed by atoms with Crippen LogP contribution >= 0.6 is 15.9 Å². The first kappa shape index (κ1) is 13.8. The van der Waals surface area contributed by atoms with E-state index in [1.165, 1.54) is 0 Å². The fraction of sp³-hybridized carbons (Fsp3) is 0.214. The van der Waals surface area contributed by atoms with Crippen LogP contribution in [-0.4, -0.2) is 23.8 Å². The van der Waals surface area contributed by atoms with E-state index in [9.17, 15) is 5.11 Å². The average Bonchev–Trinajstić information content (AvgIpc) is 2.46. The molecule has 0 bridgehead atoms. The van der Waals surface area contributed by atoms with Crippen molar-refractivity contribution in [2.45, 2.75) is 6.04 Å². The molecule has 0 amide bonds. The molecule has 2 aromatic rings. The summed E-state index contributed by atoms with van der Waals surface area (Å²) >= 11 is 3.34. The molecule has 1 unspecified atom stereocenters. The summed E-state index contributed by atoms with van der Waals surface area (Å²) in [5.74, 6) is 0.769. The van der Waals surface area contributed by atoms with Gasteiger partial charge in [-0.05, 0) is 40.2 Å². The van der Waals surface area contributed by atoms with Crippen molar-refractivity contribution in [3.63, 3.8) is 0 Å². The Kier molecular flexibility index (Phi) is 4.76. The molecule has 0 radical (unpaired) electrons. The van der Waals surface area contributed by atoms with Crippen molar-refractivity contribution < 1.29 is 9.84 Å². The molecule has 0 aliphatic carbocycles. The van der Waals surface area contributed by atoms with Crippen molar-refractivity contribution in [1.29, 1.82) is 0 Å². The monoisotopic (exact) mass is 322 g/mol. The second kappa shape index (κ2) is 6.54. The minimum absolute atomic E-state index is 0.0359. The molecule has 4 nitrogen and oxygen atoms in total. The zero-order chi connectivity index (χ0) is 13.7. The van der Waals surface area contributed by atoms with Gasteiger partial charge in [0.25, 0.3) is 0 Å². The first-order valence-corrected chi connectivity index (χ1v) is 6.65. The number of halogens is 1. The van der Waals surface area contributed by atoms with Crippen LogP contribution in [0.15, 0.2) is 47.1 Å². The smallest absolute Gasteiger partial charge is 0.120 e. The predicted molar refractivity (Wildman–Crippen MR) is 78.4 cm³/mol. The van der Waals surface area contributed by atoms with Crippen molar-refractivity contribution >= 4 is 21.6 Å². The highest BCUT2D eigenvalue weighted by Gasteiger charge is 2.11. The minimum atomic E-state index is -0.250. The number of nitrogens with one attached hydrogen (secondary N) is 1. The number of anilines is 1. The summed E-state index contributed by atoms with van der Waals surface area (Å²) in [5.41, 5.74) is 1.66. The van der Waals surface area contributed by atoms with E-state index in [1.54, 1.807) is 13.3 Å². The molecule has 1 atom stereocenters. The molecule has 0 saturated heterocycles. The molecule has 19 heavy (non-hydrogen) atoms. The molecule has 2 rings (SSSR count). The van der Waals surface area contributed by atoms with Crippen LogP contribution in [0.1, 0.15) is 11.7 Å². The Labute approximate surface area is 120 Å². The van der Waals surface area contributed by atoms with Gasteiger partial charge in [-0.25, -0.2) is 0 Å². The molecule has 2 N–H and O–H groups in total. The lowest BCUT2D eigenvalue weighted by atomic mass is 10.2. The average molecular weight is 323 g/mol. The van der Waals surface area contributed by atoms with Crippen LogP contribution in [0.25, 0.3) is 0 Å². The van der Waals surface area contributed by atoms with Crippen molar-refractivity contribution in [2.75, 3.05) is 19.0 Å². The molecule has 1 aromatic carbocycles. The van der Waals surface area contributed by atoms with E-state index < -0.39 is 0 Å². The van der Waals surface area contributed by atoms with Crippen molar-refractivity contribution in [1.82, 2.24) is 4.98 Å². The number of methoxy groups -OCH3 is 1. The second-order valence-corrected chi connectivity index (χ2v) is 4.93. The third kappa shape index (κ3) is 3.68. The van der Waals surface area contributed by atoms with E-state index in [-0.39, 0.29) is 12.6 Å². The molecule has 1 aromatic heterocycles. The number of rotatable bonds is 5. The van der Waals surface area contributed by atoms with E-state index >= 15 is 0 Å². The predicted octanol–water partition coefficient (Wildman–Crippen LogP) is 3.00. The van der Waals surface area contributed by atoms with Crippen LogP contribution in [-0.2, 0) is 0 Å². The number of aliphatic hydroxyl groups excluding tert-OH is 1. The molecule has 0 aliphatic rings. The van der Waals surface area contributed by atoms with Gasteiger partial charge < -0.3 is 15.2 Å². The largest absolute Gasteiger partial charge is 0.497 e. The number of ether oxygens (including phenoxy) is 1. The van der Waals surface area contributed by atoms with Crippen molar-refractivity contribution in [3.05, 3.63) is 52.8 Å².